The van der Waals surface area contributed by atoms with Gasteiger partial charge in [-0.2, -0.15) is 0 Å². The van der Waals surface area contributed by atoms with Crippen LogP contribution in [-0.2, 0) is 23.8 Å². The average molecular weight is 200 g/mol. The van der Waals surface area contributed by atoms with Gasteiger partial charge in [0.05, 0.1) is 13.7 Å². The maximum Gasteiger partial charge on any atom is 0.338 e. The Morgan fingerprint density at radius 3 is 2.36 bits per heavy atom. The Morgan fingerprint density at radius 1 is 1.29 bits per heavy atom. The lowest BCUT2D eigenvalue weighted by atomic mass is 10.5. The predicted molar refractivity (Wildman–Crippen MR) is 48.0 cm³/mol. The van der Waals surface area contributed by atoms with Crippen molar-refractivity contribution in [3.63, 3.8) is 0 Å². The van der Waals surface area contributed by atoms with Gasteiger partial charge in [-0.25, -0.2) is 9.59 Å². The second-order valence-corrected chi connectivity index (χ2v) is 2.08. The summed E-state index contributed by atoms with van der Waals surface area (Å²) in [5.74, 6) is -1.48. The molecule has 0 aromatic carbocycles. The first-order valence-electron chi connectivity index (χ1n) is 3.89. The van der Waals surface area contributed by atoms with Crippen molar-refractivity contribution in [1.29, 1.82) is 0 Å². The second kappa shape index (κ2) is 6.71. The van der Waals surface area contributed by atoms with Gasteiger partial charge in [0.1, 0.15) is 0 Å². The van der Waals surface area contributed by atoms with Crippen LogP contribution in [0, 0.1) is 0 Å². The molecule has 0 amide bonds. The van der Waals surface area contributed by atoms with Crippen LogP contribution >= 0.6 is 0 Å². The topological polar surface area (TPSA) is 61.8 Å². The molecule has 0 aliphatic carbocycles. The average Bonchev–Trinajstić information content (AvgIpc) is 2.14. The van der Waals surface area contributed by atoms with Crippen molar-refractivity contribution in [3.8, 4) is 0 Å². The van der Waals surface area contributed by atoms with Crippen LogP contribution in [0.2, 0.25) is 0 Å². The molecule has 0 heterocycles. The highest BCUT2D eigenvalue weighted by atomic mass is 16.7. The second-order valence-electron chi connectivity index (χ2n) is 2.08. The lowest BCUT2D eigenvalue weighted by Crippen LogP contribution is -2.04. The van der Waals surface area contributed by atoms with E-state index in [-0.39, 0.29) is 5.95 Å². The normalized spacial score (nSPS) is 9.57. The molecule has 0 saturated heterocycles. The van der Waals surface area contributed by atoms with Gasteiger partial charge in [0.2, 0.25) is 0 Å². The molecule has 0 unspecified atom stereocenters. The van der Waals surface area contributed by atoms with E-state index in [1.807, 2.05) is 0 Å². The van der Waals surface area contributed by atoms with E-state index in [2.05, 4.69) is 16.1 Å². The lowest BCUT2D eigenvalue weighted by molar-refractivity contribution is -0.140. The molecule has 0 atom stereocenters. The summed E-state index contributed by atoms with van der Waals surface area (Å²) in [4.78, 5) is 21.4. The summed E-state index contributed by atoms with van der Waals surface area (Å²) >= 11 is 0. The third-order valence-electron chi connectivity index (χ3n) is 1.08. The molecule has 0 aliphatic heterocycles. The van der Waals surface area contributed by atoms with Crippen molar-refractivity contribution < 1.29 is 23.8 Å². The zero-order chi connectivity index (χ0) is 11.0. The summed E-state index contributed by atoms with van der Waals surface area (Å²) in [6.45, 7) is 5.40. The molecule has 0 spiro atoms. The summed E-state index contributed by atoms with van der Waals surface area (Å²) in [6, 6.07) is 0. The Hall–Kier alpha value is -1.78. The standard InChI is InChI=1S/C9H12O5/c1-4-13-7(2)14-9(11)6-5-8(10)12-3/h5-6H,2,4H2,1,3H3/b6-5+. The SMILES string of the molecule is C=C(OCC)OC(=O)/C=C/C(=O)OC. The van der Waals surface area contributed by atoms with Gasteiger partial charge in [0, 0.05) is 12.2 Å². The maximum atomic E-state index is 10.9. The molecule has 0 aromatic rings. The molecule has 0 radical (unpaired) electrons. The van der Waals surface area contributed by atoms with E-state index >= 15 is 0 Å². The third kappa shape index (κ3) is 5.82. The summed E-state index contributed by atoms with van der Waals surface area (Å²) in [5, 5.41) is 0. The fourth-order valence-electron chi connectivity index (χ4n) is 0.541. The van der Waals surface area contributed by atoms with E-state index in [0.29, 0.717) is 6.61 Å². The molecule has 78 valence electrons. The Labute approximate surface area is 81.9 Å². The largest absolute Gasteiger partial charge is 0.466 e. The first-order valence-corrected chi connectivity index (χ1v) is 3.89. The van der Waals surface area contributed by atoms with E-state index in [0.717, 1.165) is 12.2 Å². The molecule has 5 nitrogen and oxygen atoms in total. The zero-order valence-corrected chi connectivity index (χ0v) is 8.11. The smallest absolute Gasteiger partial charge is 0.338 e. The van der Waals surface area contributed by atoms with E-state index in [4.69, 9.17) is 4.74 Å². The Bertz CT molecular complexity index is 254. The van der Waals surface area contributed by atoms with Crippen LogP contribution in [0.1, 0.15) is 6.92 Å². The van der Waals surface area contributed by atoms with Gasteiger partial charge in [-0.05, 0) is 13.5 Å². The molecule has 0 aromatic heterocycles. The quantitative estimate of drug-likeness (QED) is 0.372. The number of carbonyl (C=O) groups is 2. The van der Waals surface area contributed by atoms with Crippen LogP contribution < -0.4 is 0 Å². The van der Waals surface area contributed by atoms with E-state index in [9.17, 15) is 9.59 Å². The molecular weight excluding hydrogens is 188 g/mol. The summed E-state index contributed by atoms with van der Waals surface area (Å²) in [5.41, 5.74) is 0. The van der Waals surface area contributed by atoms with Crippen molar-refractivity contribution in [2.45, 2.75) is 6.92 Å². The molecule has 5 heteroatoms. The van der Waals surface area contributed by atoms with Crippen molar-refractivity contribution in [1.82, 2.24) is 0 Å². The Kier molecular flexibility index (Phi) is 5.85. The number of esters is 2. The number of methoxy groups -OCH3 is 1. The van der Waals surface area contributed by atoms with Gasteiger partial charge in [0.15, 0.2) is 0 Å². The van der Waals surface area contributed by atoms with Gasteiger partial charge in [-0.15, -0.1) is 0 Å². The molecule has 0 saturated carbocycles. The molecule has 0 N–H and O–H groups in total. The third-order valence-corrected chi connectivity index (χ3v) is 1.08. The summed E-state index contributed by atoms with van der Waals surface area (Å²) < 4.78 is 13.6. The van der Waals surface area contributed by atoms with Gasteiger partial charge in [-0.3, -0.25) is 0 Å². The van der Waals surface area contributed by atoms with Crippen molar-refractivity contribution in [3.05, 3.63) is 24.7 Å². The molecule has 0 bridgehead atoms. The number of ether oxygens (including phenoxy) is 3. The number of carbonyl (C=O) groups excluding carboxylic acids is 2. The summed E-state index contributed by atoms with van der Waals surface area (Å²) in [7, 11) is 1.21. The summed E-state index contributed by atoms with van der Waals surface area (Å²) in [6.07, 6.45) is 1.87. The fourth-order valence-corrected chi connectivity index (χ4v) is 0.541. The molecule has 0 fully saturated rings. The van der Waals surface area contributed by atoms with Crippen LogP contribution in [0.5, 0.6) is 0 Å². The number of hydrogen-bond acceptors (Lipinski definition) is 5. The van der Waals surface area contributed by atoms with Gasteiger partial charge >= 0.3 is 11.9 Å². The van der Waals surface area contributed by atoms with Crippen molar-refractivity contribution >= 4 is 11.9 Å². The molecule has 14 heavy (non-hydrogen) atoms. The van der Waals surface area contributed by atoms with Crippen LogP contribution in [0.3, 0.4) is 0 Å². The van der Waals surface area contributed by atoms with Crippen LogP contribution in [-0.4, -0.2) is 25.7 Å². The predicted octanol–water partition coefficient (Wildman–Crippen LogP) is 0.766. The van der Waals surface area contributed by atoms with Crippen LogP contribution in [0.15, 0.2) is 24.7 Å². The van der Waals surface area contributed by atoms with Crippen molar-refractivity contribution in [2.24, 2.45) is 0 Å². The van der Waals surface area contributed by atoms with Gasteiger partial charge < -0.3 is 14.2 Å². The first kappa shape index (κ1) is 12.2. The zero-order valence-electron chi connectivity index (χ0n) is 8.11. The molecular formula is C9H12O5. The number of rotatable bonds is 5. The van der Waals surface area contributed by atoms with E-state index in [1.54, 1.807) is 6.92 Å². The highest BCUT2D eigenvalue weighted by molar-refractivity contribution is 5.91. The highest BCUT2D eigenvalue weighted by Gasteiger charge is 2.02. The number of hydrogen-bond donors (Lipinski definition) is 0. The van der Waals surface area contributed by atoms with Gasteiger partial charge in [0.25, 0.3) is 5.95 Å². The Morgan fingerprint density at radius 2 is 1.86 bits per heavy atom. The first-order chi connectivity index (χ1) is 6.60. The minimum Gasteiger partial charge on any atom is -0.466 e. The maximum absolute atomic E-state index is 10.9. The van der Waals surface area contributed by atoms with Crippen LogP contribution in [0.4, 0.5) is 0 Å². The van der Waals surface area contributed by atoms with Crippen molar-refractivity contribution in [2.75, 3.05) is 13.7 Å². The lowest BCUT2D eigenvalue weighted by Gasteiger charge is -2.04. The van der Waals surface area contributed by atoms with Crippen LogP contribution in [0.25, 0.3) is 0 Å². The fraction of sp³-hybridized carbons (Fsp3) is 0.333. The van der Waals surface area contributed by atoms with Gasteiger partial charge in [-0.1, -0.05) is 0 Å². The molecule has 0 aliphatic rings. The van der Waals surface area contributed by atoms with E-state index < -0.39 is 11.9 Å². The van der Waals surface area contributed by atoms with E-state index in [1.165, 1.54) is 7.11 Å². The minimum absolute atomic E-state index is 0.105. The molecule has 0 rings (SSSR count). The Balaban J connectivity index is 3.92. The minimum atomic E-state index is -0.742. The highest BCUT2D eigenvalue weighted by Crippen LogP contribution is 1.97. The monoisotopic (exact) mass is 200 g/mol.